The fraction of sp³-hybridized carbons (Fsp3) is 0.865. The van der Waals surface area contributed by atoms with E-state index in [1.807, 2.05) is 18.2 Å². The molecule has 51 heavy (non-hydrogen) atoms. The van der Waals surface area contributed by atoms with Crippen molar-refractivity contribution in [3.05, 3.63) is 24.3 Å². The fourth-order valence-electron chi connectivity index (χ4n) is 5.93. The smallest absolute Gasteiger partial charge is 0.394 e. The molecule has 7 N–H and O–H groups in total. The Hall–Kier alpha value is -1.46. The minimum atomic E-state index is -5.11. The molecule has 1 fully saturated rings. The van der Waals surface area contributed by atoms with Crippen LogP contribution in [0, 0.1) is 0 Å². The maximum atomic E-state index is 12.9. The Kier molecular flexibility index (Phi) is 27.0. The molecule has 1 aliphatic rings. The number of aliphatic hydroxyl groups is 5. The molecule has 0 radical (unpaired) electrons. The number of hydrogen-bond donors (Lipinski definition) is 7. The van der Waals surface area contributed by atoms with Crippen molar-refractivity contribution < 1.29 is 57.0 Å². The summed E-state index contributed by atoms with van der Waals surface area (Å²) in [6.07, 6.45) is 17.4. The molecule has 0 aliphatic carbocycles. The number of carbonyl (C=O) groups excluding carboxylic acids is 1. The van der Waals surface area contributed by atoms with E-state index in [0.717, 1.165) is 44.9 Å². The van der Waals surface area contributed by atoms with E-state index in [4.69, 9.17) is 14.0 Å². The molecule has 0 spiro atoms. The van der Waals surface area contributed by atoms with Gasteiger partial charge in [0.2, 0.25) is 5.91 Å². The van der Waals surface area contributed by atoms with E-state index in [1.54, 1.807) is 0 Å². The average molecular weight is 752 g/mol. The zero-order valence-corrected chi connectivity index (χ0v) is 31.8. The van der Waals surface area contributed by atoms with Gasteiger partial charge >= 0.3 is 10.4 Å². The van der Waals surface area contributed by atoms with Crippen LogP contribution in [0.3, 0.4) is 0 Å². The van der Waals surface area contributed by atoms with Gasteiger partial charge in [-0.3, -0.25) is 9.35 Å². The van der Waals surface area contributed by atoms with Crippen LogP contribution in [0.5, 0.6) is 0 Å². The number of ether oxygens (including phenoxy) is 2. The fourth-order valence-corrected chi connectivity index (χ4v) is 6.44. The van der Waals surface area contributed by atoms with Gasteiger partial charge < -0.3 is 40.3 Å². The Morgan fingerprint density at radius 1 is 0.784 bits per heavy atom. The van der Waals surface area contributed by atoms with Crippen LogP contribution in [0.15, 0.2) is 24.3 Å². The van der Waals surface area contributed by atoms with Crippen molar-refractivity contribution in [1.82, 2.24) is 5.32 Å². The van der Waals surface area contributed by atoms with Crippen molar-refractivity contribution >= 4 is 16.3 Å². The van der Waals surface area contributed by atoms with Gasteiger partial charge in [-0.15, -0.1) is 0 Å². The summed E-state index contributed by atoms with van der Waals surface area (Å²) in [4.78, 5) is 12.9. The number of aliphatic hydroxyl groups excluding tert-OH is 5. The van der Waals surface area contributed by atoms with E-state index < -0.39 is 78.5 Å². The molecule has 8 atom stereocenters. The molecule has 1 rings (SSSR count). The summed E-state index contributed by atoms with van der Waals surface area (Å²) in [5.41, 5.74) is 0. The Labute approximate surface area is 306 Å². The van der Waals surface area contributed by atoms with Gasteiger partial charge in [-0.25, -0.2) is 4.18 Å². The van der Waals surface area contributed by atoms with Gasteiger partial charge in [-0.1, -0.05) is 128 Å². The highest BCUT2D eigenvalue weighted by molar-refractivity contribution is 7.80. The zero-order chi connectivity index (χ0) is 37.9. The largest absolute Gasteiger partial charge is 0.397 e. The lowest BCUT2D eigenvalue weighted by Gasteiger charge is -2.41. The summed E-state index contributed by atoms with van der Waals surface area (Å²) in [6.45, 7) is 3.10. The van der Waals surface area contributed by atoms with Crippen LogP contribution >= 0.6 is 0 Å². The zero-order valence-electron chi connectivity index (χ0n) is 31.0. The van der Waals surface area contributed by atoms with Gasteiger partial charge in [0.25, 0.3) is 0 Å². The topological polar surface area (TPSA) is 212 Å². The van der Waals surface area contributed by atoms with Crippen LogP contribution in [-0.4, -0.2) is 107 Å². The minimum absolute atomic E-state index is 0.158. The molecular formula is C37H69NO12S. The van der Waals surface area contributed by atoms with E-state index in [-0.39, 0.29) is 6.42 Å². The van der Waals surface area contributed by atoms with Crippen molar-refractivity contribution in [2.24, 2.45) is 0 Å². The van der Waals surface area contributed by atoms with Gasteiger partial charge in [0.05, 0.1) is 25.4 Å². The first kappa shape index (κ1) is 47.6. The molecule has 1 saturated heterocycles. The second-order valence-electron chi connectivity index (χ2n) is 13.7. The van der Waals surface area contributed by atoms with Crippen molar-refractivity contribution in [2.45, 2.75) is 191 Å². The predicted octanol–water partition coefficient (Wildman–Crippen LogP) is 4.79. The van der Waals surface area contributed by atoms with Gasteiger partial charge in [0.1, 0.15) is 30.5 Å². The summed E-state index contributed by atoms with van der Waals surface area (Å²) < 4.78 is 47.2. The molecule has 8 unspecified atom stereocenters. The molecule has 13 nitrogen and oxygen atoms in total. The van der Waals surface area contributed by atoms with E-state index in [9.17, 15) is 38.7 Å². The van der Waals surface area contributed by atoms with Crippen molar-refractivity contribution in [3.63, 3.8) is 0 Å². The molecule has 1 aliphatic heterocycles. The summed E-state index contributed by atoms with van der Waals surface area (Å²) in [6, 6.07) is -1.13. The predicted molar refractivity (Wildman–Crippen MR) is 196 cm³/mol. The van der Waals surface area contributed by atoms with Crippen LogP contribution in [0.1, 0.15) is 142 Å². The lowest BCUT2D eigenvalue weighted by atomic mass is 9.99. The van der Waals surface area contributed by atoms with Gasteiger partial charge in [0, 0.05) is 0 Å². The third-order valence-electron chi connectivity index (χ3n) is 9.09. The molecule has 14 heteroatoms. The third-order valence-corrected chi connectivity index (χ3v) is 9.56. The molecule has 0 aromatic carbocycles. The second-order valence-corrected chi connectivity index (χ2v) is 14.7. The first-order chi connectivity index (χ1) is 24.4. The summed E-state index contributed by atoms with van der Waals surface area (Å²) >= 11 is 0. The number of unbranched alkanes of at least 4 members (excludes halogenated alkanes) is 16. The Balaban J connectivity index is 2.73. The number of amides is 1. The van der Waals surface area contributed by atoms with E-state index in [2.05, 4.69) is 23.3 Å². The van der Waals surface area contributed by atoms with Crippen molar-refractivity contribution in [3.8, 4) is 0 Å². The Morgan fingerprint density at radius 3 is 1.84 bits per heavy atom. The highest BCUT2D eigenvalue weighted by Crippen LogP contribution is 2.26. The van der Waals surface area contributed by atoms with E-state index in [0.29, 0.717) is 12.8 Å². The molecule has 1 heterocycles. The van der Waals surface area contributed by atoms with Crippen LogP contribution < -0.4 is 5.32 Å². The SMILES string of the molecule is CCCCCC/C=C\CCC(O)C(=O)NC(COC1OC(CO)C(O)C(OS(=O)(=O)O)C1O)C(O)/C=C/CCCCCCCCCCCCCC. The molecule has 300 valence electrons. The maximum absolute atomic E-state index is 12.9. The first-order valence-corrected chi connectivity index (χ1v) is 20.7. The Morgan fingerprint density at radius 2 is 1.29 bits per heavy atom. The number of hydrogen-bond acceptors (Lipinski definition) is 11. The molecule has 0 aromatic rings. The monoisotopic (exact) mass is 751 g/mol. The first-order valence-electron chi connectivity index (χ1n) is 19.3. The number of nitrogens with one attached hydrogen (secondary N) is 1. The lowest BCUT2D eigenvalue weighted by molar-refractivity contribution is -0.298. The molecule has 0 aromatic heterocycles. The van der Waals surface area contributed by atoms with Crippen LogP contribution in [0.2, 0.25) is 0 Å². The van der Waals surface area contributed by atoms with Crippen molar-refractivity contribution in [1.29, 1.82) is 0 Å². The summed E-state index contributed by atoms with van der Waals surface area (Å²) in [5, 5.41) is 54.7. The van der Waals surface area contributed by atoms with E-state index >= 15 is 0 Å². The van der Waals surface area contributed by atoms with Crippen molar-refractivity contribution in [2.75, 3.05) is 13.2 Å². The minimum Gasteiger partial charge on any atom is -0.394 e. The number of rotatable bonds is 31. The normalized spacial score (nSPS) is 23.2. The molecular weight excluding hydrogens is 682 g/mol. The molecule has 1 amide bonds. The average Bonchev–Trinajstić information content (AvgIpc) is 3.09. The number of carbonyl (C=O) groups is 1. The highest BCUT2D eigenvalue weighted by Gasteiger charge is 2.48. The molecule has 0 bridgehead atoms. The second kappa shape index (κ2) is 29.0. The quantitative estimate of drug-likeness (QED) is 0.0290. The van der Waals surface area contributed by atoms with Gasteiger partial charge in [-0.05, 0) is 38.5 Å². The van der Waals surface area contributed by atoms with Crippen LogP contribution in [0.4, 0.5) is 0 Å². The summed E-state index contributed by atoms with van der Waals surface area (Å²) in [5.74, 6) is -0.741. The maximum Gasteiger partial charge on any atom is 0.397 e. The van der Waals surface area contributed by atoms with Crippen LogP contribution in [-0.2, 0) is 28.9 Å². The van der Waals surface area contributed by atoms with Crippen LogP contribution in [0.25, 0.3) is 0 Å². The van der Waals surface area contributed by atoms with E-state index in [1.165, 1.54) is 70.3 Å². The lowest BCUT2D eigenvalue weighted by Crippen LogP contribution is -2.61. The third kappa shape index (κ3) is 22.4. The summed E-state index contributed by atoms with van der Waals surface area (Å²) in [7, 11) is -5.11. The van der Waals surface area contributed by atoms with Gasteiger partial charge in [-0.2, -0.15) is 8.42 Å². The van der Waals surface area contributed by atoms with Gasteiger partial charge in [0.15, 0.2) is 6.29 Å². The number of allylic oxidation sites excluding steroid dienone is 3. The Bertz CT molecular complexity index is 1040. The highest BCUT2D eigenvalue weighted by atomic mass is 32.3. The molecule has 0 saturated carbocycles. The standard InChI is InChI=1S/C37H69NO12S/c1-3-5-7-9-11-13-14-15-16-17-18-20-21-23-25-30(40)29(38-36(44)31(41)26-24-22-19-12-10-8-6-4-2)28-48-37-34(43)35(50-51(45,46)47)33(42)32(27-39)49-37/h19,22-23,25,29-35,37,39-43H,3-18,20-21,24,26-28H2,1-2H3,(H,38,44)(H,45,46,47)/b22-19-,25-23+.